The van der Waals surface area contributed by atoms with Gasteiger partial charge >= 0.3 is 5.91 Å². The molecule has 0 saturated carbocycles. The minimum atomic E-state index is -3.84. The zero-order valence-electron chi connectivity index (χ0n) is 17.6. The van der Waals surface area contributed by atoms with E-state index >= 15 is 0 Å². The number of furan rings is 2. The summed E-state index contributed by atoms with van der Waals surface area (Å²) in [6, 6.07) is 19.1. The predicted octanol–water partition coefficient (Wildman–Crippen LogP) is 5.32. The van der Waals surface area contributed by atoms with Gasteiger partial charge in [0.1, 0.15) is 11.8 Å². The number of benzene rings is 2. The van der Waals surface area contributed by atoms with Crippen LogP contribution < -0.4 is 4.72 Å². The van der Waals surface area contributed by atoms with Gasteiger partial charge in [-0.1, -0.05) is 29.8 Å². The first kappa shape index (κ1) is 22.0. The molecule has 1 aliphatic heterocycles. The lowest BCUT2D eigenvalue weighted by molar-refractivity contribution is 0.0660. The molecular weight excluding hydrogens is 478 g/mol. The second kappa shape index (κ2) is 8.85. The molecule has 3 heterocycles. The van der Waals surface area contributed by atoms with Crippen molar-refractivity contribution in [2.45, 2.75) is 17.4 Å². The number of anilines is 1. The summed E-state index contributed by atoms with van der Waals surface area (Å²) < 4.78 is 39.0. The summed E-state index contributed by atoms with van der Waals surface area (Å²) in [5.74, 6) is 0.334. The Morgan fingerprint density at radius 2 is 1.79 bits per heavy atom. The lowest BCUT2D eigenvalue weighted by atomic mass is 10.0. The van der Waals surface area contributed by atoms with Crippen LogP contribution in [0, 0.1) is 0 Å². The van der Waals surface area contributed by atoms with Gasteiger partial charge in [-0.2, -0.15) is 5.10 Å². The molecule has 10 heteroatoms. The third kappa shape index (κ3) is 4.35. The number of nitrogens with one attached hydrogen (secondary N) is 1. The molecule has 0 aliphatic carbocycles. The molecular formula is C24H18ClN3O5S. The fourth-order valence-corrected chi connectivity index (χ4v) is 5.05. The molecule has 0 bridgehead atoms. The van der Waals surface area contributed by atoms with Crippen LogP contribution in [0.4, 0.5) is 5.69 Å². The third-order valence-corrected chi connectivity index (χ3v) is 6.89. The van der Waals surface area contributed by atoms with E-state index in [9.17, 15) is 13.2 Å². The van der Waals surface area contributed by atoms with E-state index in [1.807, 2.05) is 0 Å². The molecule has 0 saturated heterocycles. The second-order valence-corrected chi connectivity index (χ2v) is 9.67. The largest absolute Gasteiger partial charge is 0.467 e. The Hall–Kier alpha value is -3.82. The number of carbonyl (C=O) groups excluding carboxylic acids is 1. The topological polar surface area (TPSA) is 105 Å². The molecule has 1 unspecified atom stereocenters. The highest BCUT2D eigenvalue weighted by Gasteiger charge is 2.36. The number of amides is 1. The van der Waals surface area contributed by atoms with Crippen molar-refractivity contribution >= 4 is 38.9 Å². The molecule has 2 aromatic heterocycles. The van der Waals surface area contributed by atoms with E-state index < -0.39 is 22.0 Å². The van der Waals surface area contributed by atoms with E-state index in [1.165, 1.54) is 29.7 Å². The number of nitrogens with zero attached hydrogens (tertiary/aromatic N) is 2. The second-order valence-electron chi connectivity index (χ2n) is 7.55. The van der Waals surface area contributed by atoms with Gasteiger partial charge in [0.25, 0.3) is 10.0 Å². The van der Waals surface area contributed by atoms with Crippen LogP contribution in [0.25, 0.3) is 0 Å². The Morgan fingerprint density at radius 3 is 2.53 bits per heavy atom. The Morgan fingerprint density at radius 1 is 1.00 bits per heavy atom. The minimum Gasteiger partial charge on any atom is -0.467 e. The van der Waals surface area contributed by atoms with Crippen LogP contribution in [0.2, 0.25) is 5.02 Å². The molecule has 1 N–H and O–H groups in total. The van der Waals surface area contributed by atoms with Crippen molar-refractivity contribution in [3.05, 3.63) is 107 Å². The normalized spacial score (nSPS) is 15.9. The van der Waals surface area contributed by atoms with Gasteiger partial charge in [0, 0.05) is 17.1 Å². The van der Waals surface area contributed by atoms with Gasteiger partial charge in [-0.15, -0.1) is 0 Å². The number of carbonyl (C=O) groups is 1. The van der Waals surface area contributed by atoms with Gasteiger partial charge in [-0.25, -0.2) is 13.4 Å². The number of halogens is 1. The number of hydrogen-bond acceptors (Lipinski definition) is 6. The van der Waals surface area contributed by atoms with E-state index in [0.29, 0.717) is 34.2 Å². The van der Waals surface area contributed by atoms with Crippen molar-refractivity contribution in [2.24, 2.45) is 5.10 Å². The average Bonchev–Trinajstić information content (AvgIpc) is 3.60. The molecule has 1 atom stereocenters. The van der Waals surface area contributed by atoms with Crippen molar-refractivity contribution in [3.8, 4) is 0 Å². The summed E-state index contributed by atoms with van der Waals surface area (Å²) in [6.45, 7) is 0. The van der Waals surface area contributed by atoms with Gasteiger partial charge in [0.15, 0.2) is 5.76 Å². The summed E-state index contributed by atoms with van der Waals surface area (Å²) in [5.41, 5.74) is 1.62. The quantitative estimate of drug-likeness (QED) is 0.390. The number of hydrazone groups is 1. The summed E-state index contributed by atoms with van der Waals surface area (Å²) in [4.78, 5) is 13.1. The van der Waals surface area contributed by atoms with E-state index in [1.54, 1.807) is 60.7 Å². The first-order valence-corrected chi connectivity index (χ1v) is 12.1. The molecule has 0 radical (unpaired) electrons. The molecule has 0 spiro atoms. The molecule has 5 rings (SSSR count). The fourth-order valence-electron chi connectivity index (χ4n) is 3.70. The molecule has 1 amide bonds. The maximum atomic E-state index is 13.0. The van der Waals surface area contributed by atoms with Gasteiger partial charge in [-0.05, 0) is 60.2 Å². The first-order valence-electron chi connectivity index (χ1n) is 10.3. The number of sulfonamides is 1. The zero-order chi connectivity index (χ0) is 23.7. The Bertz CT molecular complexity index is 1460. The van der Waals surface area contributed by atoms with Gasteiger partial charge < -0.3 is 8.83 Å². The van der Waals surface area contributed by atoms with E-state index in [-0.39, 0.29) is 10.7 Å². The van der Waals surface area contributed by atoms with Crippen LogP contribution in [0.15, 0.2) is 104 Å². The number of hydrogen-bond donors (Lipinski definition) is 1. The van der Waals surface area contributed by atoms with Crippen molar-refractivity contribution in [3.63, 3.8) is 0 Å². The van der Waals surface area contributed by atoms with Gasteiger partial charge in [0.05, 0.1) is 23.1 Å². The van der Waals surface area contributed by atoms with Gasteiger partial charge in [0.2, 0.25) is 0 Å². The highest BCUT2D eigenvalue weighted by atomic mass is 35.5. The highest BCUT2D eigenvalue weighted by Crippen LogP contribution is 2.34. The summed E-state index contributed by atoms with van der Waals surface area (Å²) >= 11 is 5.94. The minimum absolute atomic E-state index is 0.0525. The SMILES string of the molecule is O=C(c1ccco1)N1N=C(c2cccc(NS(=O)(=O)c3cccc(Cl)c3)c2)CC1c1ccco1. The summed E-state index contributed by atoms with van der Waals surface area (Å²) in [5, 5.41) is 6.20. The first-order chi connectivity index (χ1) is 16.4. The van der Waals surface area contributed by atoms with Crippen LogP contribution in [0.1, 0.15) is 34.3 Å². The zero-order valence-corrected chi connectivity index (χ0v) is 19.2. The Balaban J connectivity index is 1.45. The summed E-state index contributed by atoms with van der Waals surface area (Å²) in [6.07, 6.45) is 3.34. The van der Waals surface area contributed by atoms with E-state index in [2.05, 4.69) is 9.82 Å². The number of rotatable bonds is 6. The third-order valence-electron chi connectivity index (χ3n) is 5.28. The predicted molar refractivity (Wildman–Crippen MR) is 126 cm³/mol. The Labute approximate surface area is 200 Å². The lowest BCUT2D eigenvalue weighted by Crippen LogP contribution is -2.26. The van der Waals surface area contributed by atoms with Crippen molar-refractivity contribution < 1.29 is 22.0 Å². The fraction of sp³-hybridized carbons (Fsp3) is 0.0833. The molecule has 2 aromatic carbocycles. The highest BCUT2D eigenvalue weighted by molar-refractivity contribution is 7.92. The van der Waals surface area contributed by atoms with Crippen LogP contribution >= 0.6 is 11.6 Å². The van der Waals surface area contributed by atoms with Crippen LogP contribution in [-0.2, 0) is 10.0 Å². The molecule has 172 valence electrons. The van der Waals surface area contributed by atoms with E-state index in [4.69, 9.17) is 20.4 Å². The van der Waals surface area contributed by atoms with Gasteiger partial charge in [-0.3, -0.25) is 9.52 Å². The molecule has 8 nitrogen and oxygen atoms in total. The van der Waals surface area contributed by atoms with Crippen molar-refractivity contribution in [1.82, 2.24) is 5.01 Å². The van der Waals surface area contributed by atoms with Crippen molar-refractivity contribution in [2.75, 3.05) is 4.72 Å². The molecule has 4 aromatic rings. The average molecular weight is 496 g/mol. The Kier molecular flexibility index (Phi) is 5.72. The molecule has 0 fully saturated rings. The van der Waals surface area contributed by atoms with Crippen molar-refractivity contribution in [1.29, 1.82) is 0 Å². The summed E-state index contributed by atoms with van der Waals surface area (Å²) in [7, 11) is -3.84. The molecule has 1 aliphatic rings. The monoisotopic (exact) mass is 495 g/mol. The van der Waals surface area contributed by atoms with E-state index in [0.717, 1.165) is 0 Å². The maximum absolute atomic E-state index is 13.0. The standard InChI is InChI=1S/C24H18ClN3O5S/c25-17-6-2-8-19(14-17)34(30,31)27-18-7-1-5-16(13-18)20-15-21(22-9-3-11-32-22)28(26-20)24(29)23-10-4-12-33-23/h1-14,21,27H,15H2. The maximum Gasteiger partial charge on any atom is 0.310 e. The lowest BCUT2D eigenvalue weighted by Gasteiger charge is -2.18. The van der Waals surface area contributed by atoms with Crippen LogP contribution in [-0.4, -0.2) is 25.0 Å². The molecule has 34 heavy (non-hydrogen) atoms. The smallest absolute Gasteiger partial charge is 0.310 e. The van der Waals surface area contributed by atoms with Crippen LogP contribution in [0.3, 0.4) is 0 Å². The van der Waals surface area contributed by atoms with Crippen LogP contribution in [0.5, 0.6) is 0 Å².